The van der Waals surface area contributed by atoms with Crippen LogP contribution in [-0.2, 0) is 12.8 Å². The van der Waals surface area contributed by atoms with E-state index in [1.54, 1.807) is 0 Å². The zero-order chi connectivity index (χ0) is 37.5. The molecule has 57 heavy (non-hydrogen) atoms. The van der Waals surface area contributed by atoms with Crippen molar-refractivity contribution in [2.75, 3.05) is 0 Å². The Labute approximate surface area is 335 Å². The maximum Gasteiger partial charge on any atom is 0.0726 e. The van der Waals surface area contributed by atoms with Crippen molar-refractivity contribution in [3.05, 3.63) is 211 Å². The quantitative estimate of drug-likeness (QED) is 0.165. The summed E-state index contributed by atoms with van der Waals surface area (Å²) in [5, 5.41) is 7.74. The highest BCUT2D eigenvalue weighted by Crippen LogP contribution is 2.49. The molecule has 1 atom stereocenters. The van der Waals surface area contributed by atoms with Crippen LogP contribution in [-0.4, -0.2) is 4.57 Å². The number of thiophene rings is 1. The Balaban J connectivity index is 1.10. The molecule has 0 aliphatic heterocycles. The summed E-state index contributed by atoms with van der Waals surface area (Å²) < 4.78 is 5.21. The number of aromatic nitrogens is 1. The molecule has 0 N–H and O–H groups in total. The van der Waals surface area contributed by atoms with Crippen molar-refractivity contribution in [3.63, 3.8) is 0 Å². The van der Waals surface area contributed by atoms with E-state index < -0.39 is 0 Å². The van der Waals surface area contributed by atoms with E-state index in [-0.39, 0.29) is 0 Å². The number of hydrogen-bond donors (Lipinski definition) is 0. The normalized spacial score (nSPS) is 13.8. The lowest BCUT2D eigenvalue weighted by Gasteiger charge is -2.29. The number of benzene rings is 9. The van der Waals surface area contributed by atoms with Crippen LogP contribution < -0.4 is 0 Å². The average molecular weight is 744 g/mol. The maximum atomic E-state index is 2.56. The van der Waals surface area contributed by atoms with Gasteiger partial charge in [0.05, 0.1) is 21.4 Å². The molecule has 268 valence electrons. The number of nitrogens with zero attached hydrogens (tertiary/aromatic N) is 1. The van der Waals surface area contributed by atoms with Crippen molar-refractivity contribution in [2.45, 2.75) is 18.8 Å². The number of hydrogen-bond acceptors (Lipinski definition) is 1. The smallest absolute Gasteiger partial charge is 0.0726 e. The summed E-state index contributed by atoms with van der Waals surface area (Å²) in [6.45, 7) is 0. The molecule has 12 rings (SSSR count). The number of rotatable bonds is 5. The first-order chi connectivity index (χ1) is 28.3. The van der Waals surface area contributed by atoms with Crippen LogP contribution in [0.2, 0.25) is 0 Å². The van der Waals surface area contributed by atoms with Crippen molar-refractivity contribution in [1.29, 1.82) is 0 Å². The number of para-hydroxylation sites is 1. The predicted molar refractivity (Wildman–Crippen MR) is 244 cm³/mol. The summed E-state index contributed by atoms with van der Waals surface area (Å²) in [6.07, 6.45) is 2.03. The molecule has 0 saturated carbocycles. The summed E-state index contributed by atoms with van der Waals surface area (Å²) in [6, 6.07) is 72.4. The van der Waals surface area contributed by atoms with E-state index in [9.17, 15) is 0 Å². The summed E-state index contributed by atoms with van der Waals surface area (Å²) >= 11 is 1.92. The highest BCUT2D eigenvalue weighted by Gasteiger charge is 2.27. The van der Waals surface area contributed by atoms with E-state index >= 15 is 0 Å². The van der Waals surface area contributed by atoms with E-state index in [4.69, 9.17) is 0 Å². The van der Waals surface area contributed by atoms with Crippen molar-refractivity contribution in [3.8, 4) is 39.1 Å². The second kappa shape index (κ2) is 12.9. The predicted octanol–water partition coefficient (Wildman–Crippen LogP) is 15.2. The zero-order valence-corrected chi connectivity index (χ0v) is 32.1. The average Bonchev–Trinajstić information content (AvgIpc) is 3.82. The van der Waals surface area contributed by atoms with Gasteiger partial charge in [-0.25, -0.2) is 0 Å². The molecule has 2 heteroatoms. The molecule has 9 aromatic carbocycles. The van der Waals surface area contributed by atoms with Crippen LogP contribution in [0.4, 0.5) is 0 Å². The van der Waals surface area contributed by atoms with Gasteiger partial charge in [-0.1, -0.05) is 164 Å². The van der Waals surface area contributed by atoms with Crippen LogP contribution in [0, 0.1) is 0 Å². The third-order valence-corrected chi connectivity index (χ3v) is 13.6. The standard InChI is InChI=1S/C55H37NS/c1-2-15-36(16-3-1)38-20-12-14-35(30-38)31-41-32-39-18-5-6-21-42(39)48-33-40(28-29-43(41)48)47-34-49-45-23-9-11-27-52(45)57-55(49)54-53(47)46-24-8-10-25-51(46)56(54)50-26-13-19-37-17-4-7-22-44(37)50/h1-30,33-34,41H,31-32H2/t41-/m0/s1. The Morgan fingerprint density at radius 3 is 2.16 bits per heavy atom. The maximum absolute atomic E-state index is 2.56. The summed E-state index contributed by atoms with van der Waals surface area (Å²) in [5.74, 6) is 0.381. The first-order valence-corrected chi connectivity index (χ1v) is 20.8. The molecular formula is C55H37NS. The largest absolute Gasteiger partial charge is 0.307 e. The van der Waals surface area contributed by atoms with Gasteiger partial charge in [-0.05, 0) is 105 Å². The Hall–Kier alpha value is -6.74. The second-order valence-corrected chi connectivity index (χ2v) is 16.7. The molecular weight excluding hydrogens is 707 g/mol. The van der Waals surface area contributed by atoms with E-state index in [1.807, 2.05) is 11.3 Å². The molecule has 0 amide bonds. The fraction of sp³-hybridized carbons (Fsp3) is 0.0545. The van der Waals surface area contributed by atoms with Gasteiger partial charge in [-0.2, -0.15) is 0 Å². The van der Waals surface area contributed by atoms with Gasteiger partial charge >= 0.3 is 0 Å². The van der Waals surface area contributed by atoms with Gasteiger partial charge in [0.15, 0.2) is 0 Å². The summed E-state index contributed by atoms with van der Waals surface area (Å²) in [4.78, 5) is 0. The fourth-order valence-corrected chi connectivity index (χ4v) is 11.1. The minimum atomic E-state index is 0.381. The zero-order valence-electron chi connectivity index (χ0n) is 31.3. The monoisotopic (exact) mass is 743 g/mol. The minimum absolute atomic E-state index is 0.381. The van der Waals surface area contributed by atoms with E-state index in [1.165, 1.54) is 109 Å². The van der Waals surface area contributed by atoms with Crippen molar-refractivity contribution in [1.82, 2.24) is 4.57 Å². The van der Waals surface area contributed by atoms with Crippen LogP contribution in [0.25, 0.3) is 91.8 Å². The fourth-order valence-electron chi connectivity index (χ4n) is 9.83. The van der Waals surface area contributed by atoms with Gasteiger partial charge in [0.1, 0.15) is 0 Å². The Morgan fingerprint density at radius 1 is 0.491 bits per heavy atom. The molecule has 0 fully saturated rings. The van der Waals surface area contributed by atoms with Gasteiger partial charge < -0.3 is 4.57 Å². The summed E-state index contributed by atoms with van der Waals surface area (Å²) in [7, 11) is 0. The number of fused-ring (bicyclic) bond motifs is 11. The minimum Gasteiger partial charge on any atom is -0.307 e. The lowest BCUT2D eigenvalue weighted by molar-refractivity contribution is 0.673. The molecule has 11 aromatic rings. The molecule has 1 aliphatic carbocycles. The molecule has 0 unspecified atom stereocenters. The van der Waals surface area contributed by atoms with Crippen LogP contribution >= 0.6 is 11.3 Å². The summed E-state index contributed by atoms with van der Waals surface area (Å²) in [5.41, 5.74) is 15.8. The van der Waals surface area contributed by atoms with Gasteiger partial charge in [-0.15, -0.1) is 11.3 Å². The molecule has 1 nitrogen and oxygen atoms in total. The second-order valence-electron chi connectivity index (χ2n) is 15.6. The van der Waals surface area contributed by atoms with E-state index in [0.29, 0.717) is 5.92 Å². The van der Waals surface area contributed by atoms with Gasteiger partial charge in [0, 0.05) is 31.6 Å². The van der Waals surface area contributed by atoms with Crippen molar-refractivity contribution >= 4 is 64.1 Å². The van der Waals surface area contributed by atoms with Crippen molar-refractivity contribution < 1.29 is 0 Å². The Bertz CT molecular complexity index is 3360. The topological polar surface area (TPSA) is 4.93 Å². The first-order valence-electron chi connectivity index (χ1n) is 20.0. The molecule has 2 aromatic heterocycles. The molecule has 2 heterocycles. The molecule has 0 saturated heterocycles. The first kappa shape index (κ1) is 32.5. The highest BCUT2D eigenvalue weighted by molar-refractivity contribution is 7.26. The van der Waals surface area contributed by atoms with Crippen LogP contribution in [0.1, 0.15) is 22.6 Å². The van der Waals surface area contributed by atoms with Gasteiger partial charge in [0.2, 0.25) is 0 Å². The SMILES string of the molecule is c1ccc(-c2cccc(C[C@H]3Cc4ccccc4-c4cc(-c5cc6c7ccccc7sc6c6c5c5ccccc5n6-c5cccc6ccccc56)ccc43)c2)cc1. The third kappa shape index (κ3) is 5.14. The Morgan fingerprint density at radius 2 is 1.23 bits per heavy atom. The van der Waals surface area contributed by atoms with Crippen LogP contribution in [0.3, 0.4) is 0 Å². The van der Waals surface area contributed by atoms with Gasteiger partial charge in [0.25, 0.3) is 0 Å². The van der Waals surface area contributed by atoms with Crippen LogP contribution in [0.5, 0.6) is 0 Å². The van der Waals surface area contributed by atoms with E-state index in [0.717, 1.165) is 12.8 Å². The Kier molecular flexibility index (Phi) is 7.36. The lowest BCUT2D eigenvalue weighted by Crippen LogP contribution is -2.14. The highest BCUT2D eigenvalue weighted by atomic mass is 32.1. The molecule has 0 bridgehead atoms. The molecule has 0 radical (unpaired) electrons. The van der Waals surface area contributed by atoms with E-state index in [2.05, 4.69) is 199 Å². The van der Waals surface area contributed by atoms with Crippen LogP contribution in [0.15, 0.2) is 194 Å². The van der Waals surface area contributed by atoms with Crippen molar-refractivity contribution in [2.24, 2.45) is 0 Å². The molecule has 1 aliphatic rings. The lowest BCUT2D eigenvalue weighted by atomic mass is 9.75. The third-order valence-electron chi connectivity index (χ3n) is 12.4. The van der Waals surface area contributed by atoms with Gasteiger partial charge in [-0.3, -0.25) is 0 Å². The molecule has 0 spiro atoms.